The van der Waals surface area contributed by atoms with Gasteiger partial charge in [-0.2, -0.15) is 0 Å². The molecule has 0 bridgehead atoms. The summed E-state index contributed by atoms with van der Waals surface area (Å²) in [5.41, 5.74) is 0. The highest BCUT2D eigenvalue weighted by Gasteiger charge is 2.15. The van der Waals surface area contributed by atoms with Crippen molar-refractivity contribution in [3.63, 3.8) is 0 Å². The second kappa shape index (κ2) is 5.84. The van der Waals surface area contributed by atoms with E-state index in [1.807, 2.05) is 0 Å². The summed E-state index contributed by atoms with van der Waals surface area (Å²) in [4.78, 5) is 9.69. The van der Waals surface area contributed by atoms with Crippen LogP contribution in [-0.2, 0) is 9.47 Å². The summed E-state index contributed by atoms with van der Waals surface area (Å²) in [6, 6.07) is 0. The Morgan fingerprint density at radius 3 is 2.86 bits per heavy atom. The fraction of sp³-hybridized carbons (Fsp3) is 0.714. The van der Waals surface area contributed by atoms with Crippen LogP contribution in [-0.4, -0.2) is 37.2 Å². The number of rotatable bonds is 5. The molecule has 0 aromatic heterocycles. The van der Waals surface area contributed by atoms with Gasteiger partial charge >= 0.3 is 0 Å². The molecule has 0 amide bonds. The van der Waals surface area contributed by atoms with E-state index in [1.165, 1.54) is 11.8 Å². The first-order valence-corrected chi connectivity index (χ1v) is 5.31. The minimum atomic E-state index is -0.491. The normalized spacial score (nSPS) is 18.5. The quantitative estimate of drug-likeness (QED) is 0.533. The summed E-state index contributed by atoms with van der Waals surface area (Å²) in [7, 11) is 0. The molecule has 1 N–H and O–H groups in total. The standard InChI is InChI=1S/C7H12N2O4S/c1-14-6(5-9(10)11)8-4-7-12-2-3-13-7/h5,7-8H,2-4H2,1H3/b6-5-. The maximum atomic E-state index is 10.2. The van der Waals surface area contributed by atoms with E-state index in [0.717, 1.165) is 6.20 Å². The first-order chi connectivity index (χ1) is 6.72. The van der Waals surface area contributed by atoms with Crippen molar-refractivity contribution in [2.24, 2.45) is 0 Å². The predicted octanol–water partition coefficient (Wildman–Crippen LogP) is 0.387. The maximum absolute atomic E-state index is 10.2. The number of nitrogens with one attached hydrogen (secondary N) is 1. The van der Waals surface area contributed by atoms with Gasteiger partial charge in [0.25, 0.3) is 6.20 Å². The first-order valence-electron chi connectivity index (χ1n) is 4.08. The van der Waals surface area contributed by atoms with Gasteiger partial charge < -0.3 is 14.8 Å². The topological polar surface area (TPSA) is 73.6 Å². The van der Waals surface area contributed by atoms with Crippen LogP contribution in [0.4, 0.5) is 0 Å². The lowest BCUT2D eigenvalue weighted by Gasteiger charge is -2.10. The molecule has 6 nitrogen and oxygen atoms in total. The molecule has 0 aliphatic carbocycles. The van der Waals surface area contributed by atoms with Gasteiger partial charge in [0.15, 0.2) is 6.29 Å². The molecule has 80 valence electrons. The van der Waals surface area contributed by atoms with Crippen LogP contribution in [0.1, 0.15) is 0 Å². The second-order valence-electron chi connectivity index (χ2n) is 2.53. The maximum Gasteiger partial charge on any atom is 0.263 e. The van der Waals surface area contributed by atoms with Gasteiger partial charge in [-0.05, 0) is 6.26 Å². The predicted molar refractivity (Wildman–Crippen MR) is 52.3 cm³/mol. The van der Waals surface area contributed by atoms with Crippen molar-refractivity contribution in [2.75, 3.05) is 26.0 Å². The Balaban J connectivity index is 2.29. The lowest BCUT2D eigenvalue weighted by molar-refractivity contribution is -0.403. The van der Waals surface area contributed by atoms with Gasteiger partial charge in [0.2, 0.25) is 0 Å². The fourth-order valence-corrected chi connectivity index (χ4v) is 1.39. The van der Waals surface area contributed by atoms with Crippen LogP contribution in [0.3, 0.4) is 0 Å². The molecule has 0 aromatic carbocycles. The number of nitrogens with zero attached hydrogens (tertiary/aromatic N) is 1. The zero-order chi connectivity index (χ0) is 10.4. The minimum absolute atomic E-state index is 0.294. The fourth-order valence-electron chi connectivity index (χ4n) is 0.975. The van der Waals surface area contributed by atoms with Crippen LogP contribution < -0.4 is 5.32 Å². The van der Waals surface area contributed by atoms with Gasteiger partial charge in [-0.15, -0.1) is 11.8 Å². The molecule has 1 rings (SSSR count). The Bertz CT molecular complexity index is 228. The third-order valence-electron chi connectivity index (χ3n) is 1.58. The van der Waals surface area contributed by atoms with Gasteiger partial charge in [0.05, 0.1) is 24.7 Å². The summed E-state index contributed by atoms with van der Waals surface area (Å²) in [6.07, 6.45) is 2.40. The summed E-state index contributed by atoms with van der Waals surface area (Å²) in [5.74, 6) is 0. The lowest BCUT2D eigenvalue weighted by Crippen LogP contribution is -2.26. The first kappa shape index (κ1) is 11.3. The van der Waals surface area contributed by atoms with E-state index in [9.17, 15) is 10.1 Å². The Hall–Kier alpha value is -0.790. The smallest absolute Gasteiger partial charge is 0.263 e. The number of thioether (sulfide) groups is 1. The highest BCUT2D eigenvalue weighted by atomic mass is 32.2. The molecule has 0 spiro atoms. The Labute approximate surface area is 85.8 Å². The number of hydrogen-bond acceptors (Lipinski definition) is 6. The molecule has 7 heteroatoms. The molecule has 0 unspecified atom stereocenters. The second-order valence-corrected chi connectivity index (χ2v) is 3.38. The van der Waals surface area contributed by atoms with Crippen LogP contribution in [0.25, 0.3) is 0 Å². The van der Waals surface area contributed by atoms with Crippen LogP contribution in [0.15, 0.2) is 11.2 Å². The lowest BCUT2D eigenvalue weighted by atomic mass is 10.6. The van der Waals surface area contributed by atoms with E-state index in [0.29, 0.717) is 24.8 Å². The molecule has 0 aromatic rings. The van der Waals surface area contributed by atoms with Crippen LogP contribution >= 0.6 is 11.8 Å². The van der Waals surface area contributed by atoms with Gasteiger partial charge in [-0.1, -0.05) is 0 Å². The number of ether oxygens (including phenoxy) is 2. The molecule has 0 radical (unpaired) electrons. The SMILES string of the molecule is CS/C(=C\[N+](=O)[O-])NCC1OCCO1. The largest absolute Gasteiger partial charge is 0.370 e. The van der Waals surface area contributed by atoms with Gasteiger partial charge in [-0.25, -0.2) is 0 Å². The summed E-state index contributed by atoms with van der Waals surface area (Å²) in [6.45, 7) is 1.60. The van der Waals surface area contributed by atoms with Crippen LogP contribution in [0.2, 0.25) is 0 Å². The highest BCUT2D eigenvalue weighted by Crippen LogP contribution is 2.09. The monoisotopic (exact) mass is 220 g/mol. The van der Waals surface area contributed by atoms with Crippen molar-refractivity contribution in [3.05, 3.63) is 21.3 Å². The van der Waals surface area contributed by atoms with E-state index < -0.39 is 4.92 Å². The van der Waals surface area contributed by atoms with E-state index in [4.69, 9.17) is 9.47 Å². The van der Waals surface area contributed by atoms with Crippen molar-refractivity contribution in [3.8, 4) is 0 Å². The molecule has 1 fully saturated rings. The third-order valence-corrected chi connectivity index (χ3v) is 2.27. The van der Waals surface area contributed by atoms with E-state index >= 15 is 0 Å². The van der Waals surface area contributed by atoms with Crippen LogP contribution in [0.5, 0.6) is 0 Å². The average molecular weight is 220 g/mol. The molecule has 0 saturated carbocycles. The molecule has 1 saturated heterocycles. The van der Waals surface area contributed by atoms with E-state index in [-0.39, 0.29) is 6.29 Å². The Morgan fingerprint density at radius 1 is 1.71 bits per heavy atom. The summed E-state index contributed by atoms with van der Waals surface area (Å²) < 4.78 is 10.3. The van der Waals surface area contributed by atoms with E-state index in [2.05, 4.69) is 5.32 Å². The van der Waals surface area contributed by atoms with Crippen molar-refractivity contribution in [2.45, 2.75) is 6.29 Å². The highest BCUT2D eigenvalue weighted by molar-refractivity contribution is 8.02. The van der Waals surface area contributed by atoms with Crippen molar-refractivity contribution in [1.82, 2.24) is 5.32 Å². The zero-order valence-corrected chi connectivity index (χ0v) is 8.58. The van der Waals surface area contributed by atoms with Crippen LogP contribution in [0, 0.1) is 10.1 Å². The molecule has 0 atom stereocenters. The number of hydrogen-bond donors (Lipinski definition) is 1. The zero-order valence-electron chi connectivity index (χ0n) is 7.76. The van der Waals surface area contributed by atoms with Gasteiger partial charge in [0, 0.05) is 0 Å². The number of nitro groups is 1. The molecular weight excluding hydrogens is 208 g/mol. The minimum Gasteiger partial charge on any atom is -0.370 e. The molecule has 1 heterocycles. The molecular formula is C7H12N2O4S. The van der Waals surface area contributed by atoms with Crippen molar-refractivity contribution >= 4 is 11.8 Å². The average Bonchev–Trinajstić information content (AvgIpc) is 2.64. The van der Waals surface area contributed by atoms with Gasteiger partial charge in [0.1, 0.15) is 5.03 Å². The summed E-state index contributed by atoms with van der Waals surface area (Å²) in [5, 5.41) is 13.5. The third kappa shape index (κ3) is 3.95. The van der Waals surface area contributed by atoms with E-state index in [1.54, 1.807) is 6.26 Å². The molecule has 14 heavy (non-hydrogen) atoms. The van der Waals surface area contributed by atoms with Gasteiger partial charge in [-0.3, -0.25) is 10.1 Å². The Kier molecular flexibility index (Phi) is 4.71. The van der Waals surface area contributed by atoms with Crippen molar-refractivity contribution in [1.29, 1.82) is 0 Å². The molecule has 1 aliphatic heterocycles. The summed E-state index contributed by atoms with van der Waals surface area (Å²) >= 11 is 1.28. The Morgan fingerprint density at radius 2 is 2.36 bits per heavy atom. The van der Waals surface area contributed by atoms with Crippen molar-refractivity contribution < 1.29 is 14.4 Å². The molecule has 1 aliphatic rings.